The number of carboxylic acid groups (broad SMARTS) is 1. The van der Waals surface area contributed by atoms with Gasteiger partial charge in [-0.3, -0.25) is 0 Å². The van der Waals surface area contributed by atoms with Crippen molar-refractivity contribution < 1.29 is 49.0 Å². The Kier molecular flexibility index (Phi) is 5.76. The van der Waals surface area contributed by atoms with E-state index < -0.39 is 42.0 Å². The first-order valence-corrected chi connectivity index (χ1v) is 10.2. The van der Waals surface area contributed by atoms with Crippen molar-refractivity contribution >= 4 is 37.5 Å². The molecule has 1 aromatic heterocycles. The highest BCUT2D eigenvalue weighted by atomic mass is 79.9. The summed E-state index contributed by atoms with van der Waals surface area (Å²) >= 11 is 3.18. The molecule has 1 unspecified atom stereocenters. The number of hydrogen-bond donors (Lipinski definition) is 6. The first kappa shape index (κ1) is 23.3. The molecule has 33 heavy (non-hydrogen) atoms. The first-order valence-electron chi connectivity index (χ1n) is 9.40. The number of fused-ring (bicyclic) bond motifs is 1. The van der Waals surface area contributed by atoms with Gasteiger partial charge in [-0.05, 0) is 24.3 Å². The van der Waals surface area contributed by atoms with E-state index >= 15 is 0 Å². The van der Waals surface area contributed by atoms with Gasteiger partial charge in [0.05, 0.1) is 5.56 Å². The summed E-state index contributed by atoms with van der Waals surface area (Å²) in [5.41, 5.74) is 0.0296. The molecule has 5 atom stereocenters. The van der Waals surface area contributed by atoms with Gasteiger partial charge in [-0.25, -0.2) is 14.2 Å². The molecule has 6 N–H and O–H groups in total. The maximum atomic E-state index is 14.3. The van der Waals surface area contributed by atoms with Gasteiger partial charge in [-0.15, -0.1) is 0 Å². The lowest BCUT2D eigenvalue weighted by molar-refractivity contribution is -0.349. The molecule has 10 nitrogen and oxygen atoms in total. The summed E-state index contributed by atoms with van der Waals surface area (Å²) < 4.78 is 25.4. The minimum atomic E-state index is -2.77. The molecule has 1 aliphatic heterocycles. The number of carbonyl (C=O) groups is 1. The quantitative estimate of drug-likeness (QED) is 0.292. The van der Waals surface area contributed by atoms with Crippen LogP contribution >= 0.6 is 15.9 Å². The fourth-order valence-corrected chi connectivity index (χ4v) is 3.89. The van der Waals surface area contributed by atoms with Gasteiger partial charge >= 0.3 is 5.97 Å². The molecule has 3 aromatic rings. The lowest BCUT2D eigenvalue weighted by Crippen LogP contribution is -2.64. The fourth-order valence-electron chi connectivity index (χ4n) is 3.60. The molecule has 4 rings (SSSR count). The van der Waals surface area contributed by atoms with E-state index in [1.165, 1.54) is 24.3 Å². The molecule has 1 saturated heterocycles. The monoisotopic (exact) mass is 525 g/mol. The zero-order valence-corrected chi connectivity index (χ0v) is 18.1. The van der Waals surface area contributed by atoms with Crippen LogP contribution in [0.4, 0.5) is 4.39 Å². The molecule has 12 heteroatoms. The summed E-state index contributed by atoms with van der Waals surface area (Å²) in [6.45, 7) is 3.74. The highest BCUT2D eigenvalue weighted by Gasteiger charge is 2.56. The number of ether oxygens (including phenoxy) is 1. The number of aliphatic hydroxyl groups is 4. The Hall–Kier alpha value is -2.87. The van der Waals surface area contributed by atoms with Gasteiger partial charge in [-0.2, -0.15) is 0 Å². The highest BCUT2D eigenvalue weighted by molar-refractivity contribution is 9.15. The number of halogens is 2. The van der Waals surface area contributed by atoms with E-state index in [-0.39, 0.29) is 43.9 Å². The Morgan fingerprint density at radius 3 is 2.48 bits per heavy atom. The Labute approximate surface area is 192 Å². The van der Waals surface area contributed by atoms with Gasteiger partial charge in [-0.1, -0.05) is 22.5 Å². The second-order valence-electron chi connectivity index (χ2n) is 7.46. The van der Waals surface area contributed by atoms with E-state index in [0.717, 1.165) is 6.07 Å². The molecule has 2 heterocycles. The molecule has 0 spiro atoms. The van der Waals surface area contributed by atoms with Crippen molar-refractivity contribution in [3.63, 3.8) is 0 Å². The summed E-state index contributed by atoms with van der Waals surface area (Å²) in [6, 6.07) is 5.78. The van der Waals surface area contributed by atoms with Crippen LogP contribution in [0.25, 0.3) is 27.0 Å². The number of benzene rings is 2. The zero-order valence-electron chi connectivity index (χ0n) is 16.5. The third kappa shape index (κ3) is 3.80. The predicted molar refractivity (Wildman–Crippen MR) is 113 cm³/mol. The Morgan fingerprint density at radius 1 is 1.18 bits per heavy atom. The molecule has 0 saturated carbocycles. The largest absolute Gasteiger partial charge is 0.508 e. The average molecular weight is 526 g/mol. The third-order valence-corrected chi connectivity index (χ3v) is 5.74. The highest BCUT2D eigenvalue weighted by Crippen LogP contribution is 2.41. The number of aromatic nitrogens is 1. The molecule has 174 valence electrons. The van der Waals surface area contributed by atoms with Gasteiger partial charge < -0.3 is 39.8 Å². The number of aliphatic carboxylic acids is 1. The van der Waals surface area contributed by atoms with Crippen LogP contribution in [-0.4, -0.2) is 66.0 Å². The van der Waals surface area contributed by atoms with Gasteiger partial charge in [0, 0.05) is 21.7 Å². The molecule has 2 aromatic carbocycles. The van der Waals surface area contributed by atoms with Crippen molar-refractivity contribution in [1.29, 1.82) is 0 Å². The number of nitrogens with zero attached hydrogens (tertiary/aromatic N) is 1. The van der Waals surface area contributed by atoms with Crippen LogP contribution < -0.4 is 0 Å². The lowest BCUT2D eigenvalue weighted by atomic mass is 9.87. The second-order valence-corrected chi connectivity index (χ2v) is 8.42. The van der Waals surface area contributed by atoms with E-state index in [2.05, 4.69) is 27.5 Å². The first-order chi connectivity index (χ1) is 15.4. The van der Waals surface area contributed by atoms with Crippen LogP contribution in [0.1, 0.15) is 11.1 Å². The number of oxazole rings is 1. The molecular formula is C21H17BrFNO9. The van der Waals surface area contributed by atoms with Crippen LogP contribution in [0.3, 0.4) is 0 Å². The maximum absolute atomic E-state index is 14.3. The molecule has 0 aliphatic carbocycles. The molecule has 1 fully saturated rings. The smallest absolute Gasteiger partial charge is 0.335 e. The van der Waals surface area contributed by atoms with Crippen LogP contribution in [0.15, 0.2) is 41.3 Å². The number of carboxylic acids is 1. The van der Waals surface area contributed by atoms with E-state index in [4.69, 9.17) is 9.15 Å². The van der Waals surface area contributed by atoms with Crippen molar-refractivity contribution in [3.8, 4) is 17.2 Å². The minimum Gasteiger partial charge on any atom is -0.508 e. The molecule has 1 aliphatic rings. The van der Waals surface area contributed by atoms with Gasteiger partial charge in [0.1, 0.15) is 35.4 Å². The van der Waals surface area contributed by atoms with E-state index in [1.54, 1.807) is 0 Å². The number of rotatable bonds is 4. The third-order valence-electron chi connectivity index (χ3n) is 5.31. The normalized spacial score (nSPS) is 27.6. The number of phenolic OH excluding ortho intramolecular Hbond substituents is 1. The summed E-state index contributed by atoms with van der Waals surface area (Å²) in [5.74, 6) is -5.73. The average Bonchev–Trinajstić information content (AvgIpc) is 3.17. The fraction of sp³-hybridized carbons (Fsp3) is 0.238. The second kappa shape index (κ2) is 8.17. The van der Waals surface area contributed by atoms with Crippen LogP contribution in [0.5, 0.6) is 5.75 Å². The van der Waals surface area contributed by atoms with Crippen molar-refractivity contribution in [3.05, 3.63) is 53.9 Å². The van der Waals surface area contributed by atoms with Crippen molar-refractivity contribution in [2.75, 3.05) is 0 Å². The molecular weight excluding hydrogens is 509 g/mol. The van der Waals surface area contributed by atoms with Crippen LogP contribution in [0, 0.1) is 5.82 Å². The number of aliphatic hydroxyl groups excluding tert-OH is 3. The van der Waals surface area contributed by atoms with Crippen LogP contribution in [-0.2, 0) is 15.3 Å². The minimum absolute atomic E-state index is 0.0438. The van der Waals surface area contributed by atoms with Gasteiger partial charge in [0.25, 0.3) is 0 Å². The zero-order chi connectivity index (χ0) is 24.2. The Morgan fingerprint density at radius 2 is 1.88 bits per heavy atom. The SMILES string of the molecule is C=C(Br)c1cc(C2(O)O[C@H](C(=O)O)[C@@H](O)[C@H](O)[C@H]2O)cc2nc(-c3ccc(O)cc3F)oc12. The van der Waals surface area contributed by atoms with E-state index in [0.29, 0.717) is 0 Å². The Balaban J connectivity index is 1.90. The molecule has 0 amide bonds. The van der Waals surface area contributed by atoms with Crippen LogP contribution in [0.2, 0.25) is 0 Å². The van der Waals surface area contributed by atoms with E-state index in [9.17, 15) is 39.8 Å². The summed E-state index contributed by atoms with van der Waals surface area (Å²) in [6.07, 6.45) is -8.27. The standard InChI is InChI=1S/C21H17BrFNO9/c1-7(22)11-4-8(21(31)18(28)15(27)14(26)17(33-21)20(29)30)5-13-16(11)32-19(24-13)10-3-2-9(25)6-12(10)23/h2-6,14-15,17-18,25-28,31H,1H2,(H,29,30)/t14-,15-,17-,18+,21?/m0/s1. The summed E-state index contributed by atoms with van der Waals surface area (Å²) in [4.78, 5) is 15.6. The van der Waals surface area contributed by atoms with Crippen molar-refractivity contribution in [1.82, 2.24) is 4.98 Å². The molecule has 0 bridgehead atoms. The number of aromatic hydroxyl groups is 1. The van der Waals surface area contributed by atoms with E-state index in [1.807, 2.05) is 0 Å². The van der Waals surface area contributed by atoms with Gasteiger partial charge in [0.2, 0.25) is 11.7 Å². The maximum Gasteiger partial charge on any atom is 0.335 e. The topological polar surface area (TPSA) is 174 Å². The molecule has 0 radical (unpaired) electrons. The predicted octanol–water partition coefficient (Wildman–Crippen LogP) is 1.42. The summed E-state index contributed by atoms with van der Waals surface area (Å²) in [5, 5.41) is 60.3. The number of phenols is 1. The summed E-state index contributed by atoms with van der Waals surface area (Å²) in [7, 11) is 0. The van der Waals surface area contributed by atoms with Gasteiger partial charge in [0.15, 0.2) is 11.7 Å². The van der Waals surface area contributed by atoms with Crippen molar-refractivity contribution in [2.45, 2.75) is 30.2 Å². The Bertz CT molecular complexity index is 1280. The number of hydrogen-bond acceptors (Lipinski definition) is 9. The van der Waals surface area contributed by atoms with Crippen molar-refractivity contribution in [2.24, 2.45) is 0 Å². The lowest BCUT2D eigenvalue weighted by Gasteiger charge is -2.44.